The Morgan fingerprint density at radius 1 is 0.862 bits per heavy atom. The van der Waals surface area contributed by atoms with E-state index in [1.165, 1.54) is 10.9 Å². The molecular weight excluding hydrogens is 360 g/mol. The minimum absolute atomic E-state index is 0.577. The topological polar surface area (TPSA) is 79.4 Å². The van der Waals surface area contributed by atoms with E-state index in [0.29, 0.717) is 12.4 Å². The van der Waals surface area contributed by atoms with Gasteiger partial charge in [0.1, 0.15) is 11.5 Å². The highest BCUT2D eigenvalue weighted by Gasteiger charge is 2.10. The first-order chi connectivity index (χ1) is 14.4. The van der Waals surface area contributed by atoms with Crippen molar-refractivity contribution in [1.29, 1.82) is 0 Å². The first-order valence-corrected chi connectivity index (χ1v) is 9.36. The number of H-pyrrole nitrogens is 1. The third kappa shape index (κ3) is 3.55. The Morgan fingerprint density at radius 3 is 2.66 bits per heavy atom. The summed E-state index contributed by atoms with van der Waals surface area (Å²) in [7, 11) is 0. The van der Waals surface area contributed by atoms with E-state index in [0.717, 1.165) is 28.3 Å². The van der Waals surface area contributed by atoms with Crippen LogP contribution in [-0.4, -0.2) is 24.9 Å². The SMILES string of the molecule is c1ccc(-c2nc(NCc3c[nH]c4ccccc34)cc(-c3cccnc3)n2)nc1. The van der Waals surface area contributed by atoms with Crippen LogP contribution in [-0.2, 0) is 6.54 Å². The van der Waals surface area contributed by atoms with Crippen LogP contribution in [0.5, 0.6) is 0 Å². The smallest absolute Gasteiger partial charge is 0.180 e. The molecule has 4 aromatic heterocycles. The lowest BCUT2D eigenvalue weighted by Gasteiger charge is -2.10. The Bertz CT molecular complexity index is 1190. The van der Waals surface area contributed by atoms with Gasteiger partial charge < -0.3 is 10.3 Å². The molecule has 0 aliphatic carbocycles. The van der Waals surface area contributed by atoms with Gasteiger partial charge in [-0.2, -0.15) is 0 Å². The Hall–Kier alpha value is -4.06. The fraction of sp³-hybridized carbons (Fsp3) is 0.0435. The standard InChI is InChI=1S/C23H18N6/c1-2-8-19-18(7-1)17(14-26-19)15-27-22-12-21(16-6-5-10-24-13-16)28-23(29-22)20-9-3-4-11-25-20/h1-14,26H,15H2,(H,27,28,29). The normalized spacial score (nSPS) is 10.9. The molecule has 0 amide bonds. The van der Waals surface area contributed by atoms with Crippen LogP contribution < -0.4 is 5.32 Å². The molecule has 29 heavy (non-hydrogen) atoms. The molecule has 5 rings (SSSR count). The van der Waals surface area contributed by atoms with Gasteiger partial charge in [0, 0.05) is 53.9 Å². The van der Waals surface area contributed by atoms with Gasteiger partial charge in [0.2, 0.25) is 0 Å². The van der Waals surface area contributed by atoms with Crippen molar-refractivity contribution < 1.29 is 0 Å². The van der Waals surface area contributed by atoms with Crippen molar-refractivity contribution in [1.82, 2.24) is 24.9 Å². The summed E-state index contributed by atoms with van der Waals surface area (Å²) in [5.74, 6) is 1.32. The van der Waals surface area contributed by atoms with Crippen molar-refractivity contribution in [2.24, 2.45) is 0 Å². The predicted octanol–water partition coefficient (Wildman–Crippen LogP) is 4.69. The van der Waals surface area contributed by atoms with E-state index in [1.807, 2.05) is 54.7 Å². The molecule has 1 aromatic carbocycles. The van der Waals surface area contributed by atoms with Crippen LogP contribution in [0.15, 0.2) is 85.5 Å². The highest BCUT2D eigenvalue weighted by molar-refractivity contribution is 5.83. The van der Waals surface area contributed by atoms with Gasteiger partial charge in [0.25, 0.3) is 0 Å². The third-order valence-electron chi connectivity index (χ3n) is 4.71. The zero-order valence-corrected chi connectivity index (χ0v) is 15.6. The van der Waals surface area contributed by atoms with Crippen LogP contribution in [0, 0.1) is 0 Å². The molecule has 0 saturated carbocycles. The van der Waals surface area contributed by atoms with Crippen molar-refractivity contribution in [2.75, 3.05) is 5.32 Å². The van der Waals surface area contributed by atoms with Crippen molar-refractivity contribution in [3.63, 3.8) is 0 Å². The lowest BCUT2D eigenvalue weighted by molar-refractivity contribution is 1.08. The molecule has 0 spiro atoms. The zero-order chi connectivity index (χ0) is 19.5. The molecule has 6 heteroatoms. The van der Waals surface area contributed by atoms with Gasteiger partial charge in [-0.1, -0.05) is 24.3 Å². The van der Waals surface area contributed by atoms with Crippen molar-refractivity contribution >= 4 is 16.7 Å². The fourth-order valence-corrected chi connectivity index (χ4v) is 3.27. The molecule has 0 unspecified atom stereocenters. The van der Waals surface area contributed by atoms with Crippen molar-refractivity contribution in [3.05, 3.63) is 91.0 Å². The molecule has 4 heterocycles. The van der Waals surface area contributed by atoms with Crippen LogP contribution in [0.3, 0.4) is 0 Å². The van der Waals surface area contributed by atoms with Crippen LogP contribution in [0.2, 0.25) is 0 Å². The molecule has 5 aromatic rings. The van der Waals surface area contributed by atoms with Crippen molar-refractivity contribution in [3.8, 4) is 22.8 Å². The van der Waals surface area contributed by atoms with E-state index in [-0.39, 0.29) is 0 Å². The molecule has 2 N–H and O–H groups in total. The van der Waals surface area contributed by atoms with Gasteiger partial charge in [-0.05, 0) is 35.9 Å². The maximum absolute atomic E-state index is 4.71. The highest BCUT2D eigenvalue weighted by atomic mass is 15.0. The van der Waals surface area contributed by atoms with E-state index >= 15 is 0 Å². The summed E-state index contributed by atoms with van der Waals surface area (Å²) in [6, 6.07) is 19.8. The van der Waals surface area contributed by atoms with Crippen LogP contribution in [0.25, 0.3) is 33.7 Å². The second-order valence-corrected chi connectivity index (χ2v) is 6.63. The van der Waals surface area contributed by atoms with E-state index in [4.69, 9.17) is 9.97 Å². The molecule has 6 nitrogen and oxygen atoms in total. The van der Waals surface area contributed by atoms with Crippen LogP contribution in [0.1, 0.15) is 5.56 Å². The van der Waals surface area contributed by atoms with Gasteiger partial charge in [-0.15, -0.1) is 0 Å². The quantitative estimate of drug-likeness (QED) is 0.464. The Morgan fingerprint density at radius 2 is 1.79 bits per heavy atom. The van der Waals surface area contributed by atoms with Gasteiger partial charge in [0.05, 0.1) is 5.69 Å². The van der Waals surface area contributed by atoms with E-state index < -0.39 is 0 Å². The van der Waals surface area contributed by atoms with Crippen molar-refractivity contribution in [2.45, 2.75) is 6.54 Å². The lowest BCUT2D eigenvalue weighted by atomic mass is 10.1. The average Bonchev–Trinajstić information content (AvgIpc) is 3.22. The number of anilines is 1. The molecule has 0 bridgehead atoms. The number of para-hydroxylation sites is 1. The summed E-state index contributed by atoms with van der Waals surface area (Å²) in [6.45, 7) is 0.648. The zero-order valence-electron chi connectivity index (χ0n) is 15.6. The largest absolute Gasteiger partial charge is 0.366 e. The second-order valence-electron chi connectivity index (χ2n) is 6.63. The number of rotatable bonds is 5. The number of hydrogen-bond acceptors (Lipinski definition) is 5. The molecule has 0 fully saturated rings. The number of fused-ring (bicyclic) bond motifs is 1. The average molecular weight is 378 g/mol. The first-order valence-electron chi connectivity index (χ1n) is 9.36. The molecule has 140 valence electrons. The summed E-state index contributed by atoms with van der Waals surface area (Å²) in [4.78, 5) is 21.3. The maximum Gasteiger partial charge on any atom is 0.180 e. The van der Waals surface area contributed by atoms with E-state index in [1.54, 1.807) is 18.6 Å². The first kappa shape index (κ1) is 17.1. The second kappa shape index (κ2) is 7.52. The van der Waals surface area contributed by atoms with Gasteiger partial charge in [0.15, 0.2) is 5.82 Å². The Kier molecular flexibility index (Phi) is 4.42. The molecule has 0 saturated heterocycles. The third-order valence-corrected chi connectivity index (χ3v) is 4.71. The molecule has 0 aliphatic heterocycles. The van der Waals surface area contributed by atoms with E-state index in [9.17, 15) is 0 Å². The molecule has 0 aliphatic rings. The van der Waals surface area contributed by atoms with Gasteiger partial charge in [-0.3, -0.25) is 9.97 Å². The Balaban J connectivity index is 1.51. The summed E-state index contributed by atoms with van der Waals surface area (Å²) in [5, 5.41) is 4.64. The molecule has 0 atom stereocenters. The van der Waals surface area contributed by atoms with Gasteiger partial charge >= 0.3 is 0 Å². The summed E-state index contributed by atoms with van der Waals surface area (Å²) in [6.07, 6.45) is 7.32. The van der Waals surface area contributed by atoms with Crippen LogP contribution >= 0.6 is 0 Å². The molecular formula is C23H18N6. The van der Waals surface area contributed by atoms with E-state index in [2.05, 4.69) is 32.4 Å². The maximum atomic E-state index is 4.71. The minimum atomic E-state index is 0.577. The number of hydrogen-bond donors (Lipinski definition) is 2. The number of benzene rings is 1. The monoisotopic (exact) mass is 378 g/mol. The van der Waals surface area contributed by atoms with Crippen LogP contribution in [0.4, 0.5) is 5.82 Å². The number of nitrogens with zero attached hydrogens (tertiary/aromatic N) is 4. The fourth-order valence-electron chi connectivity index (χ4n) is 3.27. The summed E-state index contributed by atoms with van der Waals surface area (Å²) >= 11 is 0. The number of aromatic amines is 1. The number of nitrogens with one attached hydrogen (secondary N) is 2. The lowest BCUT2D eigenvalue weighted by Crippen LogP contribution is -2.04. The summed E-state index contributed by atoms with van der Waals surface area (Å²) < 4.78 is 0. The molecule has 0 radical (unpaired) electrons. The number of aromatic nitrogens is 5. The highest BCUT2D eigenvalue weighted by Crippen LogP contribution is 2.24. The van der Waals surface area contributed by atoms with Gasteiger partial charge in [-0.25, -0.2) is 9.97 Å². The summed E-state index contributed by atoms with van der Waals surface area (Å²) in [5.41, 5.74) is 4.77. The predicted molar refractivity (Wildman–Crippen MR) is 114 cm³/mol. The minimum Gasteiger partial charge on any atom is -0.366 e. The number of pyridine rings is 2. The Labute approximate surface area is 167 Å².